The van der Waals surface area contributed by atoms with E-state index in [-0.39, 0.29) is 0 Å². The van der Waals surface area contributed by atoms with Gasteiger partial charge >= 0.3 is 0 Å². The highest BCUT2D eigenvalue weighted by atomic mass is 16.5. The van der Waals surface area contributed by atoms with Crippen LogP contribution in [0.2, 0.25) is 0 Å². The second kappa shape index (κ2) is 12.6. The first-order valence-electron chi connectivity index (χ1n) is 14.1. The van der Waals surface area contributed by atoms with Gasteiger partial charge in [0.25, 0.3) is 0 Å². The van der Waals surface area contributed by atoms with Crippen LogP contribution in [0.5, 0.6) is 5.75 Å². The Labute approximate surface area is 218 Å². The van der Waals surface area contributed by atoms with Gasteiger partial charge in [0.2, 0.25) is 0 Å². The highest BCUT2D eigenvalue weighted by molar-refractivity contribution is 5.64. The van der Waals surface area contributed by atoms with Crippen LogP contribution >= 0.6 is 0 Å². The summed E-state index contributed by atoms with van der Waals surface area (Å²) in [5, 5.41) is 0. The zero-order valence-corrected chi connectivity index (χ0v) is 21.9. The smallest absolute Gasteiger partial charge is 0.119 e. The Kier molecular flexibility index (Phi) is 8.74. The zero-order chi connectivity index (χ0) is 24.6. The van der Waals surface area contributed by atoms with E-state index in [0.717, 1.165) is 31.7 Å². The van der Waals surface area contributed by atoms with Gasteiger partial charge in [0.1, 0.15) is 5.75 Å². The first-order chi connectivity index (χ1) is 17.8. The number of ether oxygens (including phenoxy) is 1. The van der Waals surface area contributed by atoms with Gasteiger partial charge in [0.15, 0.2) is 0 Å². The summed E-state index contributed by atoms with van der Waals surface area (Å²) in [6.07, 6.45) is 8.89. The predicted octanol–water partition coefficient (Wildman–Crippen LogP) is 7.72. The largest absolute Gasteiger partial charge is 0.494 e. The van der Waals surface area contributed by atoms with Crippen LogP contribution in [0.25, 0.3) is 11.1 Å². The quantitative estimate of drug-likeness (QED) is 0.275. The second-order valence-electron chi connectivity index (χ2n) is 10.7. The molecule has 190 valence electrons. The van der Waals surface area contributed by atoms with Crippen LogP contribution in [0.15, 0.2) is 78.9 Å². The predicted molar refractivity (Wildman–Crippen MR) is 150 cm³/mol. The molecule has 5 rings (SSSR count). The molecule has 0 amide bonds. The molecule has 3 aromatic rings. The van der Waals surface area contributed by atoms with E-state index in [2.05, 4.69) is 65.3 Å². The minimum absolute atomic E-state index is 0.461. The van der Waals surface area contributed by atoms with Crippen molar-refractivity contribution in [2.24, 2.45) is 0 Å². The van der Waals surface area contributed by atoms with Crippen molar-refractivity contribution < 1.29 is 4.74 Å². The summed E-state index contributed by atoms with van der Waals surface area (Å²) >= 11 is 0. The third-order valence-electron chi connectivity index (χ3n) is 8.08. The summed E-state index contributed by atoms with van der Waals surface area (Å²) in [5.41, 5.74) is 5.49. The highest BCUT2D eigenvalue weighted by Crippen LogP contribution is 2.34. The Hall–Kier alpha value is -2.62. The van der Waals surface area contributed by atoms with E-state index in [9.17, 15) is 0 Å². The van der Waals surface area contributed by atoms with Crippen molar-refractivity contribution in [1.29, 1.82) is 0 Å². The van der Waals surface area contributed by atoms with Gasteiger partial charge in [-0.3, -0.25) is 9.80 Å². The molecule has 2 aliphatic rings. The molecule has 0 spiro atoms. The molecular weight excluding hydrogens is 440 g/mol. The molecule has 36 heavy (non-hydrogen) atoms. The molecule has 2 saturated heterocycles. The molecular formula is C33H42N2O. The van der Waals surface area contributed by atoms with Gasteiger partial charge in [-0.2, -0.15) is 0 Å². The van der Waals surface area contributed by atoms with Gasteiger partial charge in [0.05, 0.1) is 6.61 Å². The van der Waals surface area contributed by atoms with Crippen LogP contribution in [0, 0.1) is 0 Å². The number of para-hydroxylation sites is 1. The molecule has 0 saturated carbocycles. The number of nitrogens with zero attached hydrogens (tertiary/aromatic N) is 2. The molecule has 3 heteroatoms. The van der Waals surface area contributed by atoms with Crippen LogP contribution < -0.4 is 4.74 Å². The minimum atomic E-state index is 0.461. The summed E-state index contributed by atoms with van der Waals surface area (Å²) in [5.74, 6) is 0.967. The lowest BCUT2D eigenvalue weighted by molar-refractivity contribution is 0.170. The van der Waals surface area contributed by atoms with Gasteiger partial charge in [0, 0.05) is 18.6 Å². The van der Waals surface area contributed by atoms with Crippen LogP contribution in [0.4, 0.5) is 0 Å². The summed E-state index contributed by atoms with van der Waals surface area (Å²) < 4.78 is 5.99. The molecule has 2 aliphatic heterocycles. The zero-order valence-electron chi connectivity index (χ0n) is 21.9. The Balaban J connectivity index is 1.22. The Morgan fingerprint density at radius 2 is 1.47 bits per heavy atom. The van der Waals surface area contributed by atoms with Crippen molar-refractivity contribution in [2.75, 3.05) is 26.2 Å². The fourth-order valence-corrected chi connectivity index (χ4v) is 6.00. The standard InChI is InChI=1S/C33H42N2O/c1-27-10-8-24-35(27)33(13-9-25-36-32-11-4-2-5-12-32)31-20-18-30(19-21-31)29-16-14-28(15-17-29)26-34-22-6-3-7-23-34/h2,4-5,11-12,14-21,27,33H,3,6-10,13,22-26H2,1H3/t27-,33?/m0/s1. The average Bonchev–Trinajstić information content (AvgIpc) is 3.36. The summed E-state index contributed by atoms with van der Waals surface area (Å²) in [7, 11) is 0. The molecule has 2 atom stereocenters. The van der Waals surface area contributed by atoms with Crippen LogP contribution in [0.3, 0.4) is 0 Å². The summed E-state index contributed by atoms with van der Waals surface area (Å²) in [6.45, 7) is 7.94. The van der Waals surface area contributed by atoms with E-state index >= 15 is 0 Å². The number of benzene rings is 3. The van der Waals surface area contributed by atoms with E-state index < -0.39 is 0 Å². The number of likely N-dealkylation sites (tertiary alicyclic amines) is 2. The van der Waals surface area contributed by atoms with Crippen molar-refractivity contribution in [3.05, 3.63) is 90.0 Å². The second-order valence-corrected chi connectivity index (χ2v) is 10.7. The normalized spacial score (nSPS) is 19.9. The van der Waals surface area contributed by atoms with E-state index in [4.69, 9.17) is 4.74 Å². The first kappa shape index (κ1) is 25.0. The summed E-state index contributed by atoms with van der Waals surface area (Å²) in [6, 6.07) is 29.9. The monoisotopic (exact) mass is 482 g/mol. The SMILES string of the molecule is C[C@H]1CCCN1C(CCCOc1ccccc1)c1ccc(-c2ccc(CN3CCCCC3)cc2)cc1. The fraction of sp³-hybridized carbons (Fsp3) is 0.455. The maximum Gasteiger partial charge on any atom is 0.119 e. The highest BCUT2D eigenvalue weighted by Gasteiger charge is 2.28. The van der Waals surface area contributed by atoms with E-state index in [1.807, 2.05) is 30.3 Å². The Morgan fingerprint density at radius 1 is 0.778 bits per heavy atom. The summed E-state index contributed by atoms with van der Waals surface area (Å²) in [4.78, 5) is 5.31. The van der Waals surface area contributed by atoms with Crippen molar-refractivity contribution in [3.63, 3.8) is 0 Å². The number of rotatable bonds is 10. The fourth-order valence-electron chi connectivity index (χ4n) is 6.00. The lowest BCUT2D eigenvalue weighted by atomic mass is 9.96. The average molecular weight is 483 g/mol. The number of hydrogen-bond donors (Lipinski definition) is 0. The van der Waals surface area contributed by atoms with Crippen molar-refractivity contribution >= 4 is 0 Å². The molecule has 3 aromatic carbocycles. The minimum Gasteiger partial charge on any atom is -0.494 e. The lowest BCUT2D eigenvalue weighted by Crippen LogP contribution is -2.32. The molecule has 0 N–H and O–H groups in total. The van der Waals surface area contributed by atoms with E-state index in [1.54, 1.807) is 0 Å². The Morgan fingerprint density at radius 3 is 2.14 bits per heavy atom. The number of piperidine rings is 1. The van der Waals surface area contributed by atoms with E-state index in [0.29, 0.717) is 12.1 Å². The van der Waals surface area contributed by atoms with Crippen molar-refractivity contribution in [2.45, 2.75) is 70.5 Å². The van der Waals surface area contributed by atoms with Gasteiger partial charge in [-0.25, -0.2) is 0 Å². The van der Waals surface area contributed by atoms with Gasteiger partial charge in [-0.15, -0.1) is 0 Å². The molecule has 1 unspecified atom stereocenters. The van der Waals surface area contributed by atoms with Crippen molar-refractivity contribution in [3.8, 4) is 16.9 Å². The lowest BCUT2D eigenvalue weighted by Gasteiger charge is -2.32. The Bertz CT molecular complexity index is 1040. The number of hydrogen-bond acceptors (Lipinski definition) is 3. The molecule has 0 aromatic heterocycles. The first-order valence-corrected chi connectivity index (χ1v) is 14.1. The molecule has 0 aliphatic carbocycles. The van der Waals surface area contributed by atoms with Gasteiger partial charge in [-0.05, 0) is 99.5 Å². The molecule has 2 heterocycles. The topological polar surface area (TPSA) is 15.7 Å². The van der Waals surface area contributed by atoms with E-state index in [1.165, 1.54) is 74.0 Å². The molecule has 2 fully saturated rings. The van der Waals surface area contributed by atoms with Gasteiger partial charge in [-0.1, -0.05) is 73.2 Å². The van der Waals surface area contributed by atoms with Crippen LogP contribution in [0.1, 0.15) is 69.0 Å². The maximum absolute atomic E-state index is 5.99. The van der Waals surface area contributed by atoms with Gasteiger partial charge < -0.3 is 4.74 Å². The van der Waals surface area contributed by atoms with Crippen molar-refractivity contribution in [1.82, 2.24) is 9.80 Å². The third kappa shape index (κ3) is 6.57. The molecule has 3 nitrogen and oxygen atoms in total. The van der Waals surface area contributed by atoms with Crippen LogP contribution in [-0.4, -0.2) is 42.1 Å². The third-order valence-corrected chi connectivity index (χ3v) is 8.08. The molecule has 0 radical (unpaired) electrons. The molecule has 0 bridgehead atoms. The maximum atomic E-state index is 5.99. The van der Waals surface area contributed by atoms with Crippen LogP contribution in [-0.2, 0) is 6.54 Å².